The van der Waals surface area contributed by atoms with Gasteiger partial charge in [-0.15, -0.1) is 11.8 Å². The molecule has 3 aromatic rings. The van der Waals surface area contributed by atoms with Gasteiger partial charge in [0.05, 0.1) is 18.2 Å². The second-order valence-corrected chi connectivity index (χ2v) is 5.51. The van der Waals surface area contributed by atoms with E-state index in [4.69, 9.17) is 4.74 Å². The molecule has 0 aliphatic carbocycles. The molecule has 0 saturated heterocycles. The monoisotopic (exact) mass is 296 g/mol. The molecule has 3 nitrogen and oxygen atoms in total. The lowest BCUT2D eigenvalue weighted by Gasteiger charge is -2.07. The lowest BCUT2D eigenvalue weighted by molar-refractivity contribution is 0.306. The van der Waals surface area contributed by atoms with E-state index in [0.717, 1.165) is 17.0 Å². The summed E-state index contributed by atoms with van der Waals surface area (Å²) in [7, 11) is 0. The third-order valence-electron chi connectivity index (χ3n) is 3.23. The average molecular weight is 296 g/mol. The number of thioether (sulfide) groups is 1. The Bertz CT molecular complexity index is 676. The third-order valence-corrected chi connectivity index (χ3v) is 3.97. The summed E-state index contributed by atoms with van der Waals surface area (Å²) >= 11 is 1.74. The molecule has 1 aromatic heterocycles. The number of imidazole rings is 1. The minimum absolute atomic E-state index is 0.581. The topological polar surface area (TPSA) is 37.9 Å². The number of hydrogen-bond acceptors (Lipinski definition) is 3. The van der Waals surface area contributed by atoms with Crippen molar-refractivity contribution in [2.24, 2.45) is 0 Å². The summed E-state index contributed by atoms with van der Waals surface area (Å²) in [5.41, 5.74) is 3.28. The predicted molar refractivity (Wildman–Crippen MR) is 86.6 cm³/mol. The Labute approximate surface area is 128 Å². The molecule has 0 unspecified atom stereocenters. The minimum atomic E-state index is 0.581. The maximum atomic E-state index is 5.81. The van der Waals surface area contributed by atoms with Gasteiger partial charge >= 0.3 is 0 Å². The minimum Gasteiger partial charge on any atom is -0.489 e. The zero-order valence-electron chi connectivity index (χ0n) is 11.7. The average Bonchev–Trinajstić information content (AvgIpc) is 3.08. The summed E-state index contributed by atoms with van der Waals surface area (Å²) in [6, 6.07) is 16.4. The first-order chi connectivity index (χ1) is 10.3. The Hall–Kier alpha value is -2.20. The van der Waals surface area contributed by atoms with Crippen LogP contribution in [0.5, 0.6) is 5.75 Å². The molecule has 2 aromatic carbocycles. The molecule has 21 heavy (non-hydrogen) atoms. The summed E-state index contributed by atoms with van der Waals surface area (Å²) in [6.45, 7) is 0.581. The van der Waals surface area contributed by atoms with Crippen LogP contribution in [0.15, 0.2) is 66.0 Å². The van der Waals surface area contributed by atoms with E-state index in [0.29, 0.717) is 6.61 Å². The number of aromatic amines is 1. The van der Waals surface area contributed by atoms with Gasteiger partial charge in [0, 0.05) is 4.90 Å². The summed E-state index contributed by atoms with van der Waals surface area (Å²) in [5.74, 6) is 0.868. The number of nitrogens with zero attached hydrogens (tertiary/aromatic N) is 1. The number of H-pyrrole nitrogens is 1. The molecule has 4 heteroatoms. The van der Waals surface area contributed by atoms with Gasteiger partial charge in [-0.05, 0) is 53.8 Å². The van der Waals surface area contributed by atoms with E-state index in [-0.39, 0.29) is 0 Å². The standard InChI is InChI=1S/C17H16N2OS/c1-21-16-8-2-13(3-9-16)11-20-15-6-4-14(5-7-15)17-10-18-12-19-17/h2-10,12H,11H2,1H3,(H,18,19). The van der Waals surface area contributed by atoms with Crippen molar-refractivity contribution in [2.75, 3.05) is 6.26 Å². The summed E-state index contributed by atoms with van der Waals surface area (Å²) in [4.78, 5) is 8.38. The fourth-order valence-electron chi connectivity index (χ4n) is 2.03. The fraction of sp³-hybridized carbons (Fsp3) is 0.118. The highest BCUT2D eigenvalue weighted by atomic mass is 32.2. The molecule has 0 amide bonds. The van der Waals surface area contributed by atoms with Gasteiger partial charge in [0.25, 0.3) is 0 Å². The van der Waals surface area contributed by atoms with Crippen LogP contribution < -0.4 is 4.74 Å². The molecule has 0 radical (unpaired) electrons. The lowest BCUT2D eigenvalue weighted by Crippen LogP contribution is -1.95. The van der Waals surface area contributed by atoms with Crippen LogP contribution in [0.2, 0.25) is 0 Å². The molecule has 0 saturated carbocycles. The predicted octanol–water partition coefficient (Wildman–Crippen LogP) is 4.38. The van der Waals surface area contributed by atoms with Gasteiger partial charge < -0.3 is 9.72 Å². The molecule has 0 aliphatic heterocycles. The molecule has 3 rings (SSSR count). The zero-order valence-corrected chi connectivity index (χ0v) is 12.6. The van der Waals surface area contributed by atoms with Crippen LogP contribution in [0.3, 0.4) is 0 Å². The van der Waals surface area contributed by atoms with Crippen molar-refractivity contribution in [3.05, 3.63) is 66.6 Å². The van der Waals surface area contributed by atoms with Crippen LogP contribution in [0.25, 0.3) is 11.3 Å². The van der Waals surface area contributed by atoms with E-state index in [1.54, 1.807) is 18.1 Å². The van der Waals surface area contributed by atoms with E-state index in [2.05, 4.69) is 40.5 Å². The van der Waals surface area contributed by atoms with Gasteiger partial charge in [-0.2, -0.15) is 0 Å². The second kappa shape index (κ2) is 6.50. The molecule has 0 fully saturated rings. The highest BCUT2D eigenvalue weighted by Crippen LogP contribution is 2.21. The van der Waals surface area contributed by atoms with Crippen LogP contribution in [0, 0.1) is 0 Å². The van der Waals surface area contributed by atoms with Gasteiger partial charge in [0.1, 0.15) is 12.4 Å². The smallest absolute Gasteiger partial charge is 0.119 e. The van der Waals surface area contributed by atoms with E-state index in [9.17, 15) is 0 Å². The number of ether oxygens (including phenoxy) is 1. The van der Waals surface area contributed by atoms with E-state index in [1.165, 1.54) is 10.5 Å². The van der Waals surface area contributed by atoms with Crippen molar-refractivity contribution in [1.82, 2.24) is 9.97 Å². The maximum Gasteiger partial charge on any atom is 0.119 e. The first kappa shape index (κ1) is 13.8. The summed E-state index contributed by atoms with van der Waals surface area (Å²) in [5, 5.41) is 0. The fourth-order valence-corrected chi connectivity index (χ4v) is 2.44. The highest BCUT2D eigenvalue weighted by molar-refractivity contribution is 7.98. The largest absolute Gasteiger partial charge is 0.489 e. The van der Waals surface area contributed by atoms with Crippen LogP contribution in [-0.4, -0.2) is 16.2 Å². The Kier molecular flexibility index (Phi) is 4.26. The third kappa shape index (κ3) is 3.47. The van der Waals surface area contributed by atoms with Crippen molar-refractivity contribution in [2.45, 2.75) is 11.5 Å². The van der Waals surface area contributed by atoms with Crippen molar-refractivity contribution >= 4 is 11.8 Å². The van der Waals surface area contributed by atoms with Gasteiger partial charge in [-0.1, -0.05) is 12.1 Å². The maximum absolute atomic E-state index is 5.81. The van der Waals surface area contributed by atoms with E-state index < -0.39 is 0 Å². The molecule has 1 heterocycles. The molecular formula is C17H16N2OS. The SMILES string of the molecule is CSc1ccc(COc2ccc(-c3cnc[nH]3)cc2)cc1. The molecule has 1 N–H and O–H groups in total. The Morgan fingerprint density at radius 1 is 1.05 bits per heavy atom. The van der Waals surface area contributed by atoms with Crippen molar-refractivity contribution in [3.8, 4) is 17.0 Å². The number of hydrogen-bond donors (Lipinski definition) is 1. The zero-order chi connectivity index (χ0) is 14.5. The van der Waals surface area contributed by atoms with E-state index in [1.807, 2.05) is 30.5 Å². The number of aromatic nitrogens is 2. The van der Waals surface area contributed by atoms with Crippen LogP contribution in [0.1, 0.15) is 5.56 Å². The van der Waals surface area contributed by atoms with Crippen LogP contribution >= 0.6 is 11.8 Å². The van der Waals surface area contributed by atoms with Crippen molar-refractivity contribution in [3.63, 3.8) is 0 Å². The van der Waals surface area contributed by atoms with Gasteiger partial charge in [-0.3, -0.25) is 0 Å². The van der Waals surface area contributed by atoms with Gasteiger partial charge in [-0.25, -0.2) is 4.98 Å². The first-order valence-corrected chi connectivity index (χ1v) is 7.92. The van der Waals surface area contributed by atoms with Crippen LogP contribution in [0.4, 0.5) is 0 Å². The van der Waals surface area contributed by atoms with Gasteiger partial charge in [0.2, 0.25) is 0 Å². The van der Waals surface area contributed by atoms with Crippen molar-refractivity contribution < 1.29 is 4.74 Å². The normalized spacial score (nSPS) is 10.5. The first-order valence-electron chi connectivity index (χ1n) is 6.70. The molecule has 0 atom stereocenters. The van der Waals surface area contributed by atoms with Crippen LogP contribution in [-0.2, 0) is 6.61 Å². The lowest BCUT2D eigenvalue weighted by atomic mass is 10.1. The molecule has 0 spiro atoms. The summed E-state index contributed by atoms with van der Waals surface area (Å²) < 4.78 is 5.81. The summed E-state index contributed by atoms with van der Waals surface area (Å²) in [6.07, 6.45) is 5.56. The van der Waals surface area contributed by atoms with E-state index >= 15 is 0 Å². The second-order valence-electron chi connectivity index (χ2n) is 4.63. The van der Waals surface area contributed by atoms with Gasteiger partial charge in [0.15, 0.2) is 0 Å². The molecule has 106 valence electrons. The molecule has 0 aliphatic rings. The quantitative estimate of drug-likeness (QED) is 0.710. The Balaban J connectivity index is 1.62. The Morgan fingerprint density at radius 3 is 2.43 bits per heavy atom. The number of rotatable bonds is 5. The highest BCUT2D eigenvalue weighted by Gasteiger charge is 2.00. The molecule has 0 bridgehead atoms. The number of benzene rings is 2. The molecular weight excluding hydrogens is 280 g/mol. The van der Waals surface area contributed by atoms with Crippen molar-refractivity contribution in [1.29, 1.82) is 0 Å². The number of nitrogens with one attached hydrogen (secondary N) is 1. The Morgan fingerprint density at radius 2 is 1.81 bits per heavy atom.